The van der Waals surface area contributed by atoms with Crippen LogP contribution in [0.5, 0.6) is 0 Å². The van der Waals surface area contributed by atoms with Crippen LogP contribution in [-0.4, -0.2) is 11.1 Å². The zero-order valence-corrected chi connectivity index (χ0v) is 13.6. The van der Waals surface area contributed by atoms with E-state index in [4.69, 9.17) is 4.74 Å². The van der Waals surface area contributed by atoms with Crippen LogP contribution in [0, 0.1) is 5.41 Å². The molecule has 20 heavy (non-hydrogen) atoms. The summed E-state index contributed by atoms with van der Waals surface area (Å²) in [7, 11) is 0. The van der Waals surface area contributed by atoms with Crippen LogP contribution in [0.1, 0.15) is 59.6 Å². The molecule has 0 saturated heterocycles. The number of rotatable bonds is 3. The Bertz CT molecular complexity index is 488. The average molecular weight is 278 g/mol. The molecule has 1 N–H and O–H groups in total. The van der Waals surface area contributed by atoms with Gasteiger partial charge in [-0.05, 0) is 65.7 Å². The van der Waals surface area contributed by atoms with Crippen molar-refractivity contribution < 1.29 is 14.6 Å². The van der Waals surface area contributed by atoms with Crippen LogP contribution >= 0.6 is 0 Å². The van der Waals surface area contributed by atoms with Crippen LogP contribution in [0.2, 0.25) is 0 Å². The lowest BCUT2D eigenvalue weighted by molar-refractivity contribution is -0.167. The van der Waals surface area contributed by atoms with E-state index >= 15 is 0 Å². The Hall–Kier alpha value is -1.35. The van der Waals surface area contributed by atoms with Gasteiger partial charge in [-0.1, -0.05) is 18.2 Å². The molecular formula is C17H26O3. The molecule has 0 aliphatic carbocycles. The van der Waals surface area contributed by atoms with Crippen molar-refractivity contribution in [2.24, 2.45) is 5.41 Å². The molecule has 0 fully saturated rings. The Morgan fingerprint density at radius 3 is 1.95 bits per heavy atom. The van der Waals surface area contributed by atoms with E-state index in [1.54, 1.807) is 13.8 Å². The minimum absolute atomic E-state index is 0.240. The van der Waals surface area contributed by atoms with Gasteiger partial charge in [0, 0.05) is 0 Å². The first-order valence-electron chi connectivity index (χ1n) is 6.91. The molecule has 0 saturated carbocycles. The molecule has 0 bridgehead atoms. The average Bonchev–Trinajstić information content (AvgIpc) is 2.26. The van der Waals surface area contributed by atoms with Gasteiger partial charge >= 0.3 is 5.97 Å². The first kappa shape index (κ1) is 16.7. The second kappa shape index (κ2) is 5.21. The lowest BCUT2D eigenvalue weighted by Gasteiger charge is -2.30. The summed E-state index contributed by atoms with van der Waals surface area (Å²) in [4.78, 5) is 12.1. The highest BCUT2D eigenvalue weighted by molar-refractivity contribution is 5.76. The minimum atomic E-state index is -0.917. The van der Waals surface area contributed by atoms with Crippen molar-refractivity contribution >= 4 is 5.97 Å². The first-order chi connectivity index (χ1) is 8.84. The monoisotopic (exact) mass is 278 g/mol. The van der Waals surface area contributed by atoms with Crippen molar-refractivity contribution in [3.05, 3.63) is 35.4 Å². The third-order valence-electron chi connectivity index (χ3n) is 3.22. The summed E-state index contributed by atoms with van der Waals surface area (Å²) in [6.07, 6.45) is 0. The number of benzene rings is 1. The number of hydrogen-bond acceptors (Lipinski definition) is 3. The first-order valence-corrected chi connectivity index (χ1v) is 6.91. The molecule has 1 rings (SSSR count). The number of ether oxygens (including phenoxy) is 1. The van der Waals surface area contributed by atoms with Crippen molar-refractivity contribution in [1.82, 2.24) is 0 Å². The molecule has 0 heterocycles. The van der Waals surface area contributed by atoms with Crippen LogP contribution in [0.3, 0.4) is 0 Å². The van der Waals surface area contributed by atoms with Crippen molar-refractivity contribution in [3.63, 3.8) is 0 Å². The van der Waals surface area contributed by atoms with Crippen LogP contribution in [0.15, 0.2) is 24.3 Å². The molecule has 1 aromatic carbocycles. The third kappa shape index (κ3) is 4.07. The SMILES string of the molecule is CC(C)(C)C(=O)OC(C)(C)c1cccc(C(C)(C)O)c1. The molecule has 3 nitrogen and oxygen atoms in total. The van der Waals surface area contributed by atoms with E-state index in [1.807, 2.05) is 58.9 Å². The van der Waals surface area contributed by atoms with E-state index < -0.39 is 16.6 Å². The number of carbonyl (C=O) groups excluding carboxylic acids is 1. The minimum Gasteiger partial charge on any atom is -0.454 e. The highest BCUT2D eigenvalue weighted by Gasteiger charge is 2.32. The maximum atomic E-state index is 12.1. The van der Waals surface area contributed by atoms with Gasteiger partial charge in [0.05, 0.1) is 11.0 Å². The smallest absolute Gasteiger partial charge is 0.312 e. The van der Waals surface area contributed by atoms with Crippen molar-refractivity contribution in [2.75, 3.05) is 0 Å². The van der Waals surface area contributed by atoms with Gasteiger partial charge in [0.1, 0.15) is 5.60 Å². The summed E-state index contributed by atoms with van der Waals surface area (Å²) in [5.41, 5.74) is -0.513. The summed E-state index contributed by atoms with van der Waals surface area (Å²) in [5, 5.41) is 10.1. The number of aliphatic hydroxyl groups is 1. The molecule has 0 amide bonds. The maximum Gasteiger partial charge on any atom is 0.312 e. The molecule has 0 aromatic heterocycles. The summed E-state index contributed by atoms with van der Waals surface area (Å²) < 4.78 is 5.64. The Morgan fingerprint density at radius 2 is 1.50 bits per heavy atom. The molecule has 112 valence electrons. The van der Waals surface area contributed by atoms with Gasteiger partial charge in [-0.3, -0.25) is 4.79 Å². The Labute approximate surface area is 122 Å². The fourth-order valence-electron chi connectivity index (χ4n) is 1.72. The van der Waals surface area contributed by atoms with Crippen molar-refractivity contribution in [1.29, 1.82) is 0 Å². The summed E-state index contributed by atoms with van der Waals surface area (Å²) in [5.74, 6) is -0.240. The molecule has 0 aliphatic heterocycles. The van der Waals surface area contributed by atoms with Crippen LogP contribution in [0.4, 0.5) is 0 Å². The van der Waals surface area contributed by atoms with Gasteiger partial charge in [-0.25, -0.2) is 0 Å². The zero-order valence-electron chi connectivity index (χ0n) is 13.6. The second-order valence-electron chi connectivity index (χ2n) is 7.29. The van der Waals surface area contributed by atoms with E-state index in [-0.39, 0.29) is 5.97 Å². The van der Waals surface area contributed by atoms with E-state index in [0.29, 0.717) is 0 Å². The predicted octanol–water partition coefficient (Wildman–Crippen LogP) is 3.74. The van der Waals surface area contributed by atoms with Gasteiger partial charge in [0.25, 0.3) is 0 Å². The highest BCUT2D eigenvalue weighted by Crippen LogP contribution is 2.31. The van der Waals surface area contributed by atoms with Gasteiger partial charge in [-0.15, -0.1) is 0 Å². The normalized spacial score (nSPS) is 13.2. The van der Waals surface area contributed by atoms with Crippen molar-refractivity contribution in [3.8, 4) is 0 Å². The van der Waals surface area contributed by atoms with E-state index in [9.17, 15) is 9.90 Å². The number of hydrogen-bond donors (Lipinski definition) is 1. The Kier molecular flexibility index (Phi) is 4.35. The van der Waals surface area contributed by atoms with Gasteiger partial charge < -0.3 is 9.84 Å². The molecule has 0 unspecified atom stereocenters. The zero-order chi connectivity index (χ0) is 15.8. The molecule has 0 spiro atoms. The molecule has 3 heteroatoms. The summed E-state index contributed by atoms with van der Waals surface area (Å²) in [6, 6.07) is 7.53. The predicted molar refractivity (Wildman–Crippen MR) is 80.3 cm³/mol. The number of carbonyl (C=O) groups is 1. The van der Waals surface area contributed by atoms with Gasteiger partial charge in [0.15, 0.2) is 0 Å². The molecule has 0 aliphatic rings. The fraction of sp³-hybridized carbons (Fsp3) is 0.588. The Balaban J connectivity index is 3.07. The lowest BCUT2D eigenvalue weighted by atomic mass is 9.90. The number of esters is 1. The van der Waals surface area contributed by atoms with Crippen LogP contribution < -0.4 is 0 Å². The maximum absolute atomic E-state index is 12.1. The van der Waals surface area contributed by atoms with E-state index in [2.05, 4.69) is 0 Å². The largest absolute Gasteiger partial charge is 0.454 e. The quantitative estimate of drug-likeness (QED) is 0.857. The van der Waals surface area contributed by atoms with Gasteiger partial charge in [-0.2, -0.15) is 0 Å². The summed E-state index contributed by atoms with van der Waals surface area (Å²) in [6.45, 7) is 12.7. The molecular weight excluding hydrogens is 252 g/mol. The summed E-state index contributed by atoms with van der Waals surface area (Å²) >= 11 is 0. The molecule has 1 aromatic rings. The van der Waals surface area contributed by atoms with E-state index in [1.165, 1.54) is 0 Å². The van der Waals surface area contributed by atoms with E-state index in [0.717, 1.165) is 11.1 Å². The van der Waals surface area contributed by atoms with Gasteiger partial charge in [0.2, 0.25) is 0 Å². The van der Waals surface area contributed by atoms with Crippen LogP contribution in [0.25, 0.3) is 0 Å². The van der Waals surface area contributed by atoms with Crippen molar-refractivity contribution in [2.45, 2.75) is 59.7 Å². The second-order valence-corrected chi connectivity index (χ2v) is 7.29. The highest BCUT2D eigenvalue weighted by atomic mass is 16.6. The Morgan fingerprint density at radius 1 is 1.00 bits per heavy atom. The third-order valence-corrected chi connectivity index (χ3v) is 3.22. The molecule has 0 atom stereocenters. The fourth-order valence-corrected chi connectivity index (χ4v) is 1.72. The lowest BCUT2D eigenvalue weighted by Crippen LogP contribution is -2.32. The van der Waals surface area contributed by atoms with Crippen LogP contribution in [-0.2, 0) is 20.7 Å². The molecule has 0 radical (unpaired) electrons. The standard InChI is InChI=1S/C17H26O3/c1-15(2,3)14(18)20-17(6,7)13-10-8-9-12(11-13)16(4,5)19/h8-11,19H,1-7H3. The topological polar surface area (TPSA) is 46.5 Å².